The molecule has 0 saturated carbocycles. The van der Waals surface area contributed by atoms with Crippen molar-refractivity contribution >= 4 is 6.01 Å². The van der Waals surface area contributed by atoms with E-state index in [0.29, 0.717) is 11.9 Å². The topological polar surface area (TPSA) is 72.2 Å². The molecule has 0 radical (unpaired) electrons. The molecule has 1 atom stereocenters. The normalized spacial score (nSPS) is 12.6. The molecular formula is C12H24N4O2. The number of nitrogens with zero attached hydrogens (tertiary/aromatic N) is 2. The fraction of sp³-hybridized carbons (Fsp3) is 0.833. The van der Waals surface area contributed by atoms with Crippen molar-refractivity contribution in [3.05, 3.63) is 5.89 Å². The van der Waals surface area contributed by atoms with Gasteiger partial charge in [0, 0.05) is 19.8 Å². The van der Waals surface area contributed by atoms with E-state index in [0.717, 1.165) is 39.1 Å². The molecule has 1 rings (SSSR count). The van der Waals surface area contributed by atoms with E-state index in [-0.39, 0.29) is 6.04 Å². The van der Waals surface area contributed by atoms with E-state index in [1.807, 2.05) is 13.8 Å². The van der Waals surface area contributed by atoms with Gasteiger partial charge in [0.15, 0.2) is 0 Å². The minimum atomic E-state index is 0.0939. The van der Waals surface area contributed by atoms with Gasteiger partial charge in [-0.2, -0.15) is 0 Å². The van der Waals surface area contributed by atoms with Crippen LogP contribution in [0, 0.1) is 0 Å². The molecule has 0 aliphatic heterocycles. The van der Waals surface area contributed by atoms with Crippen LogP contribution < -0.4 is 10.6 Å². The monoisotopic (exact) mass is 256 g/mol. The molecule has 0 amide bonds. The molecule has 6 nitrogen and oxygen atoms in total. The van der Waals surface area contributed by atoms with Crippen molar-refractivity contribution < 1.29 is 9.15 Å². The SMILES string of the molecule is CCCNC(C)c1nnc(NCCCOCC)o1. The third-order valence-corrected chi connectivity index (χ3v) is 2.46. The van der Waals surface area contributed by atoms with Crippen LogP contribution in [0.5, 0.6) is 0 Å². The quantitative estimate of drug-likeness (QED) is 0.624. The van der Waals surface area contributed by atoms with E-state index >= 15 is 0 Å². The molecule has 0 aliphatic carbocycles. The third-order valence-electron chi connectivity index (χ3n) is 2.46. The summed E-state index contributed by atoms with van der Waals surface area (Å²) in [6.07, 6.45) is 2.01. The summed E-state index contributed by atoms with van der Waals surface area (Å²) < 4.78 is 10.8. The Morgan fingerprint density at radius 3 is 2.83 bits per heavy atom. The highest BCUT2D eigenvalue weighted by atomic mass is 16.5. The molecular weight excluding hydrogens is 232 g/mol. The lowest BCUT2D eigenvalue weighted by Gasteiger charge is -2.07. The van der Waals surface area contributed by atoms with Gasteiger partial charge in [0.2, 0.25) is 5.89 Å². The molecule has 1 unspecified atom stereocenters. The molecule has 0 saturated heterocycles. The van der Waals surface area contributed by atoms with Crippen LogP contribution in [0.1, 0.15) is 45.5 Å². The maximum absolute atomic E-state index is 5.51. The summed E-state index contributed by atoms with van der Waals surface area (Å²) in [5, 5.41) is 14.4. The Labute approximate surface area is 108 Å². The fourth-order valence-electron chi connectivity index (χ4n) is 1.44. The zero-order valence-corrected chi connectivity index (χ0v) is 11.5. The zero-order chi connectivity index (χ0) is 13.2. The first-order valence-electron chi connectivity index (χ1n) is 6.66. The Bertz CT molecular complexity index is 317. The van der Waals surface area contributed by atoms with E-state index in [2.05, 4.69) is 27.8 Å². The Balaban J connectivity index is 2.25. The smallest absolute Gasteiger partial charge is 0.315 e. The van der Waals surface area contributed by atoms with Gasteiger partial charge >= 0.3 is 6.01 Å². The Kier molecular flexibility index (Phi) is 7.36. The molecule has 2 N–H and O–H groups in total. The van der Waals surface area contributed by atoms with Gasteiger partial charge in [-0.1, -0.05) is 12.0 Å². The van der Waals surface area contributed by atoms with E-state index in [1.165, 1.54) is 0 Å². The van der Waals surface area contributed by atoms with Gasteiger partial charge < -0.3 is 19.8 Å². The lowest BCUT2D eigenvalue weighted by molar-refractivity contribution is 0.147. The minimum Gasteiger partial charge on any atom is -0.406 e. The maximum atomic E-state index is 5.51. The average molecular weight is 256 g/mol. The van der Waals surface area contributed by atoms with Crippen LogP contribution in [0.25, 0.3) is 0 Å². The Morgan fingerprint density at radius 1 is 1.28 bits per heavy atom. The molecule has 0 spiro atoms. The van der Waals surface area contributed by atoms with Crippen molar-refractivity contribution in [2.75, 3.05) is 31.6 Å². The first-order chi connectivity index (χ1) is 8.77. The predicted molar refractivity (Wildman–Crippen MR) is 70.6 cm³/mol. The second-order valence-corrected chi connectivity index (χ2v) is 4.10. The van der Waals surface area contributed by atoms with Gasteiger partial charge in [-0.25, -0.2) is 0 Å². The molecule has 0 fully saturated rings. The molecule has 0 aliphatic rings. The first kappa shape index (κ1) is 14.9. The van der Waals surface area contributed by atoms with Gasteiger partial charge in [0.25, 0.3) is 0 Å². The van der Waals surface area contributed by atoms with E-state index in [1.54, 1.807) is 0 Å². The van der Waals surface area contributed by atoms with Crippen molar-refractivity contribution in [2.24, 2.45) is 0 Å². The Hall–Kier alpha value is -1.14. The fourth-order valence-corrected chi connectivity index (χ4v) is 1.44. The lowest BCUT2D eigenvalue weighted by Crippen LogP contribution is -2.19. The maximum Gasteiger partial charge on any atom is 0.315 e. The number of hydrogen-bond acceptors (Lipinski definition) is 6. The molecule has 104 valence electrons. The summed E-state index contributed by atoms with van der Waals surface area (Å²) in [4.78, 5) is 0. The van der Waals surface area contributed by atoms with Crippen LogP contribution in [0.15, 0.2) is 4.42 Å². The van der Waals surface area contributed by atoms with Crippen LogP contribution >= 0.6 is 0 Å². The molecule has 18 heavy (non-hydrogen) atoms. The summed E-state index contributed by atoms with van der Waals surface area (Å²) in [6.45, 7) is 9.35. The minimum absolute atomic E-state index is 0.0939. The van der Waals surface area contributed by atoms with Gasteiger partial charge in [-0.3, -0.25) is 0 Å². The van der Waals surface area contributed by atoms with Crippen molar-refractivity contribution in [3.63, 3.8) is 0 Å². The number of rotatable bonds is 10. The second kappa shape index (κ2) is 8.88. The second-order valence-electron chi connectivity index (χ2n) is 4.10. The molecule has 1 heterocycles. The number of hydrogen-bond donors (Lipinski definition) is 2. The lowest BCUT2D eigenvalue weighted by atomic mass is 10.3. The van der Waals surface area contributed by atoms with Gasteiger partial charge in [-0.15, -0.1) is 5.10 Å². The van der Waals surface area contributed by atoms with Crippen LogP contribution in [0.4, 0.5) is 6.01 Å². The summed E-state index contributed by atoms with van der Waals surface area (Å²) in [6, 6.07) is 0.572. The first-order valence-corrected chi connectivity index (χ1v) is 6.66. The standard InChI is InChI=1S/C12H24N4O2/c1-4-7-13-10(3)11-15-16-12(18-11)14-8-6-9-17-5-2/h10,13H,4-9H2,1-3H3,(H,14,16). The van der Waals surface area contributed by atoms with Crippen molar-refractivity contribution in [1.29, 1.82) is 0 Å². The van der Waals surface area contributed by atoms with E-state index in [9.17, 15) is 0 Å². The summed E-state index contributed by atoms with van der Waals surface area (Å²) >= 11 is 0. The zero-order valence-electron chi connectivity index (χ0n) is 11.5. The average Bonchev–Trinajstić information content (AvgIpc) is 2.84. The van der Waals surface area contributed by atoms with Crippen LogP contribution in [0.3, 0.4) is 0 Å². The van der Waals surface area contributed by atoms with E-state index in [4.69, 9.17) is 9.15 Å². The largest absolute Gasteiger partial charge is 0.406 e. The van der Waals surface area contributed by atoms with Gasteiger partial charge in [0.05, 0.1) is 6.04 Å². The van der Waals surface area contributed by atoms with Gasteiger partial charge in [0.1, 0.15) is 0 Å². The molecule has 1 aromatic heterocycles. The molecule has 6 heteroatoms. The van der Waals surface area contributed by atoms with Crippen LogP contribution in [0.2, 0.25) is 0 Å². The Morgan fingerprint density at radius 2 is 2.11 bits per heavy atom. The number of nitrogens with one attached hydrogen (secondary N) is 2. The third kappa shape index (κ3) is 5.46. The highest BCUT2D eigenvalue weighted by Gasteiger charge is 2.12. The van der Waals surface area contributed by atoms with Crippen LogP contribution in [-0.2, 0) is 4.74 Å². The summed E-state index contributed by atoms with van der Waals surface area (Å²) in [7, 11) is 0. The molecule has 1 aromatic rings. The number of anilines is 1. The van der Waals surface area contributed by atoms with Crippen molar-refractivity contribution in [2.45, 2.75) is 39.7 Å². The van der Waals surface area contributed by atoms with Crippen molar-refractivity contribution in [3.8, 4) is 0 Å². The number of ether oxygens (including phenoxy) is 1. The highest BCUT2D eigenvalue weighted by Crippen LogP contribution is 2.13. The highest BCUT2D eigenvalue weighted by molar-refractivity contribution is 5.16. The predicted octanol–water partition coefficient (Wildman–Crippen LogP) is 1.97. The van der Waals surface area contributed by atoms with Crippen molar-refractivity contribution in [1.82, 2.24) is 15.5 Å². The van der Waals surface area contributed by atoms with E-state index < -0.39 is 0 Å². The number of aromatic nitrogens is 2. The molecule has 0 aromatic carbocycles. The van der Waals surface area contributed by atoms with Crippen LogP contribution in [-0.4, -0.2) is 36.5 Å². The van der Waals surface area contributed by atoms with Gasteiger partial charge in [-0.05, 0) is 33.2 Å². The summed E-state index contributed by atoms with van der Waals surface area (Å²) in [5.74, 6) is 0.621. The summed E-state index contributed by atoms with van der Waals surface area (Å²) in [5.41, 5.74) is 0. The molecule has 0 bridgehead atoms.